The molecule has 0 aliphatic carbocycles. The fourth-order valence-electron chi connectivity index (χ4n) is 2.44. The second-order valence-corrected chi connectivity index (χ2v) is 5.95. The van der Waals surface area contributed by atoms with E-state index in [9.17, 15) is 4.79 Å². The molecule has 122 valence electrons. The van der Waals surface area contributed by atoms with Crippen LogP contribution < -0.4 is 10.9 Å². The first-order valence-corrected chi connectivity index (χ1v) is 7.76. The molecule has 2 N–H and O–H groups in total. The number of carbonyl (C=O) groups excluding carboxylic acids is 1. The van der Waals surface area contributed by atoms with E-state index in [-0.39, 0.29) is 5.91 Å². The van der Waals surface area contributed by atoms with Crippen molar-refractivity contribution in [1.82, 2.24) is 20.4 Å². The molecule has 0 aliphatic rings. The number of hydrogen-bond donors (Lipinski definition) is 2. The van der Waals surface area contributed by atoms with Crippen molar-refractivity contribution in [3.63, 3.8) is 0 Å². The van der Waals surface area contributed by atoms with E-state index in [1.165, 1.54) is 0 Å². The fourth-order valence-corrected chi connectivity index (χ4v) is 2.62. The minimum Gasteiger partial charge on any atom is -0.267 e. The van der Waals surface area contributed by atoms with Crippen LogP contribution in [0.1, 0.15) is 27.4 Å². The van der Waals surface area contributed by atoms with Crippen LogP contribution in [0.25, 0.3) is 10.9 Å². The third kappa shape index (κ3) is 3.44. The number of hydrazine groups is 1. The Morgan fingerprint density at radius 1 is 1.00 bits per heavy atom. The van der Waals surface area contributed by atoms with Crippen LogP contribution in [0.3, 0.4) is 0 Å². The van der Waals surface area contributed by atoms with Gasteiger partial charge in [0.2, 0.25) is 5.95 Å². The van der Waals surface area contributed by atoms with E-state index >= 15 is 0 Å². The monoisotopic (exact) mass is 341 g/mol. The Bertz CT molecular complexity index is 921. The van der Waals surface area contributed by atoms with E-state index in [2.05, 4.69) is 25.8 Å². The van der Waals surface area contributed by atoms with Crippen molar-refractivity contribution in [3.05, 3.63) is 58.0 Å². The van der Waals surface area contributed by atoms with Gasteiger partial charge in [0.05, 0.1) is 16.8 Å². The van der Waals surface area contributed by atoms with Crippen molar-refractivity contribution in [2.45, 2.75) is 20.8 Å². The maximum atomic E-state index is 12.4. The lowest BCUT2D eigenvalue weighted by atomic mass is 10.1. The number of aromatic nitrogens is 3. The van der Waals surface area contributed by atoms with Crippen LogP contribution in [-0.2, 0) is 0 Å². The van der Waals surface area contributed by atoms with Gasteiger partial charge in [-0.25, -0.2) is 9.97 Å². The molecule has 3 aromatic rings. The van der Waals surface area contributed by atoms with Gasteiger partial charge in [0.1, 0.15) is 0 Å². The molecule has 0 fully saturated rings. The van der Waals surface area contributed by atoms with Gasteiger partial charge in [-0.1, -0.05) is 11.6 Å². The van der Waals surface area contributed by atoms with Crippen molar-refractivity contribution >= 4 is 34.4 Å². The van der Waals surface area contributed by atoms with Gasteiger partial charge in [0, 0.05) is 21.8 Å². The third-order valence-corrected chi connectivity index (χ3v) is 3.72. The highest BCUT2D eigenvalue weighted by molar-refractivity contribution is 6.31. The van der Waals surface area contributed by atoms with E-state index < -0.39 is 0 Å². The summed E-state index contributed by atoms with van der Waals surface area (Å²) in [7, 11) is 0. The van der Waals surface area contributed by atoms with Gasteiger partial charge < -0.3 is 0 Å². The van der Waals surface area contributed by atoms with Crippen LogP contribution in [0.15, 0.2) is 30.3 Å². The number of anilines is 1. The van der Waals surface area contributed by atoms with Gasteiger partial charge in [-0.3, -0.25) is 20.6 Å². The Labute approximate surface area is 144 Å². The number of hydrogen-bond acceptors (Lipinski definition) is 5. The molecule has 2 heterocycles. The smallest absolute Gasteiger partial charge is 0.267 e. The lowest BCUT2D eigenvalue weighted by Crippen LogP contribution is -2.31. The van der Waals surface area contributed by atoms with E-state index in [0.29, 0.717) is 22.2 Å². The van der Waals surface area contributed by atoms with Gasteiger partial charge in [-0.2, -0.15) is 0 Å². The first-order valence-electron chi connectivity index (χ1n) is 7.38. The van der Waals surface area contributed by atoms with E-state index in [1.54, 1.807) is 25.1 Å². The molecule has 1 amide bonds. The van der Waals surface area contributed by atoms with Gasteiger partial charge in [-0.15, -0.1) is 0 Å². The summed E-state index contributed by atoms with van der Waals surface area (Å²) >= 11 is 6.00. The predicted octanol–water partition coefficient (Wildman–Crippen LogP) is 3.36. The number of rotatable bonds is 3. The van der Waals surface area contributed by atoms with E-state index in [1.807, 2.05) is 26.0 Å². The Morgan fingerprint density at radius 3 is 2.42 bits per heavy atom. The molecule has 24 heavy (non-hydrogen) atoms. The van der Waals surface area contributed by atoms with Crippen LogP contribution >= 0.6 is 11.6 Å². The average molecular weight is 342 g/mol. The summed E-state index contributed by atoms with van der Waals surface area (Å²) in [5.74, 6) is 0.0277. The number of fused-ring (bicyclic) bond motifs is 1. The summed E-state index contributed by atoms with van der Waals surface area (Å²) in [6.45, 7) is 5.52. The Kier molecular flexibility index (Phi) is 4.31. The largest absolute Gasteiger partial charge is 0.271 e. The molecule has 0 aliphatic heterocycles. The van der Waals surface area contributed by atoms with E-state index in [0.717, 1.165) is 22.3 Å². The molecule has 0 unspecified atom stereocenters. The van der Waals surface area contributed by atoms with Gasteiger partial charge in [0.25, 0.3) is 5.91 Å². The second-order valence-electron chi connectivity index (χ2n) is 5.51. The number of aryl methyl sites for hydroxylation is 3. The Morgan fingerprint density at radius 2 is 1.71 bits per heavy atom. The number of nitrogens with one attached hydrogen (secondary N) is 2. The molecule has 0 saturated carbocycles. The molecule has 1 aromatic carbocycles. The van der Waals surface area contributed by atoms with Crippen LogP contribution in [-0.4, -0.2) is 20.9 Å². The molecule has 7 heteroatoms. The van der Waals surface area contributed by atoms with E-state index in [4.69, 9.17) is 11.6 Å². The van der Waals surface area contributed by atoms with Crippen LogP contribution in [0.5, 0.6) is 0 Å². The standard InChI is InChI=1S/C17H16ClN5O/c1-9-6-10(2)20-17(19-9)23-22-16(24)14-8-12-7-13(18)4-5-15(12)21-11(14)3/h4-8H,1-3H3,(H,22,24)(H,19,20,23). The van der Waals surface area contributed by atoms with Crippen molar-refractivity contribution < 1.29 is 4.79 Å². The predicted molar refractivity (Wildman–Crippen MR) is 94.1 cm³/mol. The van der Waals surface area contributed by atoms with Crippen molar-refractivity contribution in [1.29, 1.82) is 0 Å². The molecule has 0 atom stereocenters. The summed E-state index contributed by atoms with van der Waals surface area (Å²) in [6.07, 6.45) is 0. The zero-order valence-electron chi connectivity index (χ0n) is 13.5. The SMILES string of the molecule is Cc1cc(C)nc(NNC(=O)c2cc3cc(Cl)ccc3nc2C)n1. The molecule has 2 aromatic heterocycles. The molecule has 0 spiro atoms. The second kappa shape index (κ2) is 6.41. The molecule has 6 nitrogen and oxygen atoms in total. The van der Waals surface area contributed by atoms with Crippen molar-refractivity contribution in [2.24, 2.45) is 0 Å². The normalized spacial score (nSPS) is 10.7. The van der Waals surface area contributed by atoms with Crippen LogP contribution in [0.2, 0.25) is 5.02 Å². The van der Waals surface area contributed by atoms with Crippen LogP contribution in [0, 0.1) is 20.8 Å². The van der Waals surface area contributed by atoms with Crippen LogP contribution in [0.4, 0.5) is 5.95 Å². The molecular weight excluding hydrogens is 326 g/mol. The summed E-state index contributed by atoms with van der Waals surface area (Å²) < 4.78 is 0. The highest BCUT2D eigenvalue weighted by atomic mass is 35.5. The third-order valence-electron chi connectivity index (χ3n) is 3.48. The topological polar surface area (TPSA) is 79.8 Å². The summed E-state index contributed by atoms with van der Waals surface area (Å²) in [5, 5.41) is 1.40. The maximum absolute atomic E-state index is 12.4. The van der Waals surface area contributed by atoms with Gasteiger partial charge >= 0.3 is 0 Å². The number of benzene rings is 1. The Hall–Kier alpha value is -2.73. The van der Waals surface area contributed by atoms with Crippen molar-refractivity contribution in [3.8, 4) is 0 Å². The number of pyridine rings is 1. The highest BCUT2D eigenvalue weighted by Crippen LogP contribution is 2.20. The molecule has 0 bridgehead atoms. The molecule has 0 saturated heterocycles. The first kappa shape index (κ1) is 16.1. The number of carbonyl (C=O) groups is 1. The number of nitrogens with zero attached hydrogens (tertiary/aromatic N) is 3. The number of halogens is 1. The first-order chi connectivity index (χ1) is 11.4. The molecule has 0 radical (unpaired) electrons. The summed E-state index contributed by atoms with van der Waals surface area (Å²) in [5.41, 5.74) is 8.85. The van der Waals surface area contributed by atoms with Gasteiger partial charge in [0.15, 0.2) is 0 Å². The quantitative estimate of drug-likeness (QED) is 0.714. The Balaban J connectivity index is 1.84. The highest BCUT2D eigenvalue weighted by Gasteiger charge is 2.12. The fraction of sp³-hybridized carbons (Fsp3) is 0.176. The minimum atomic E-state index is -0.315. The zero-order valence-corrected chi connectivity index (χ0v) is 14.3. The van der Waals surface area contributed by atoms with Crippen molar-refractivity contribution in [2.75, 3.05) is 5.43 Å². The van der Waals surface area contributed by atoms with Gasteiger partial charge in [-0.05, 0) is 51.1 Å². The molecule has 3 rings (SSSR count). The molecular formula is C17H16ClN5O. The lowest BCUT2D eigenvalue weighted by molar-refractivity contribution is 0.0961. The summed E-state index contributed by atoms with van der Waals surface area (Å²) in [6, 6.07) is 9.00. The minimum absolute atomic E-state index is 0.315. The lowest BCUT2D eigenvalue weighted by Gasteiger charge is -2.10. The zero-order chi connectivity index (χ0) is 17.3. The maximum Gasteiger partial charge on any atom is 0.271 e. The summed E-state index contributed by atoms with van der Waals surface area (Å²) in [4.78, 5) is 25.3. The number of amides is 1. The average Bonchev–Trinajstić information content (AvgIpc) is 2.51.